The van der Waals surface area contributed by atoms with Gasteiger partial charge in [0.25, 0.3) is 0 Å². The Hall–Kier alpha value is -7.22. The molecule has 1 heteroatoms. The molecule has 59 heavy (non-hydrogen) atoms. The molecule has 11 rings (SSSR count). The van der Waals surface area contributed by atoms with Crippen LogP contribution in [-0.4, -0.2) is 0 Å². The van der Waals surface area contributed by atoms with E-state index in [4.69, 9.17) is 0 Å². The van der Waals surface area contributed by atoms with Gasteiger partial charge in [-0.1, -0.05) is 208 Å². The zero-order chi connectivity index (χ0) is 39.6. The van der Waals surface area contributed by atoms with Crippen molar-refractivity contribution in [2.75, 3.05) is 4.90 Å². The normalized spacial score (nSPS) is 13.9. The molecule has 2 aliphatic rings. The minimum atomic E-state index is -0.503. The molecule has 0 radical (unpaired) electrons. The maximum Gasteiger partial charge on any atom is 0.0714 e. The van der Waals surface area contributed by atoms with Crippen LogP contribution >= 0.6 is 0 Å². The molecule has 0 N–H and O–H groups in total. The Labute approximate surface area is 347 Å². The van der Waals surface area contributed by atoms with Gasteiger partial charge in [-0.15, -0.1) is 0 Å². The first-order chi connectivity index (χ1) is 29.0. The summed E-state index contributed by atoms with van der Waals surface area (Å²) in [6, 6.07) is 82.9. The minimum absolute atomic E-state index is 0.103. The first kappa shape index (κ1) is 35.0. The van der Waals surface area contributed by atoms with Crippen LogP contribution < -0.4 is 4.90 Å². The molecular weight excluding hydrogens is 711 g/mol. The van der Waals surface area contributed by atoms with Crippen molar-refractivity contribution in [3.63, 3.8) is 0 Å². The molecule has 0 bridgehead atoms. The molecule has 9 aromatic carbocycles. The quantitative estimate of drug-likeness (QED) is 0.157. The van der Waals surface area contributed by atoms with Gasteiger partial charge in [0, 0.05) is 22.4 Å². The van der Waals surface area contributed by atoms with Crippen LogP contribution in [-0.2, 0) is 10.8 Å². The standard InChI is InChI=1S/C58H43N/c1-57(2)52-30-15-12-27-49(52)51-29-18-28-47(56(51)57)41-33-35-44(36-34-41)59(55-32-17-14-25-46(55)40-19-6-3-7-20-40)45-37-38-50-48-26-13-16-31-53(48)58(54(50)39-45,42-21-8-4-9-22-42)43-23-10-5-11-24-43/h3-39H,1-2H3. The third-order valence-electron chi connectivity index (χ3n) is 12.9. The number of para-hydroxylation sites is 1. The number of nitrogens with zero attached hydrogens (tertiary/aromatic N) is 1. The number of fused-ring (bicyclic) bond motifs is 6. The average Bonchev–Trinajstić information content (AvgIpc) is 3.73. The van der Waals surface area contributed by atoms with Crippen LogP contribution in [0.1, 0.15) is 47.2 Å². The maximum atomic E-state index is 2.47. The summed E-state index contributed by atoms with van der Waals surface area (Å²) in [5, 5.41) is 0. The SMILES string of the molecule is CC1(C)c2ccccc2-c2cccc(-c3ccc(N(c4ccc5c(c4)C(c4ccccc4)(c4ccccc4)c4ccccc4-5)c4ccccc4-c4ccccc4)cc3)c21. The van der Waals surface area contributed by atoms with E-state index in [1.54, 1.807) is 0 Å². The van der Waals surface area contributed by atoms with E-state index in [2.05, 4.69) is 243 Å². The second kappa shape index (κ2) is 13.7. The van der Waals surface area contributed by atoms with E-state index in [0.717, 1.165) is 17.1 Å². The molecule has 0 saturated heterocycles. The summed E-state index contributed by atoms with van der Waals surface area (Å²) in [6.45, 7) is 4.74. The van der Waals surface area contributed by atoms with E-state index in [0.29, 0.717) is 0 Å². The van der Waals surface area contributed by atoms with Gasteiger partial charge in [-0.05, 0) is 103 Å². The Morgan fingerprint density at radius 2 is 0.797 bits per heavy atom. The molecule has 0 saturated carbocycles. The van der Waals surface area contributed by atoms with Crippen LogP contribution in [0.15, 0.2) is 224 Å². The highest BCUT2D eigenvalue weighted by Crippen LogP contribution is 2.58. The lowest BCUT2D eigenvalue weighted by Crippen LogP contribution is -2.28. The first-order valence-corrected chi connectivity index (χ1v) is 20.7. The summed E-state index contributed by atoms with van der Waals surface area (Å²) in [7, 11) is 0. The van der Waals surface area contributed by atoms with Gasteiger partial charge in [0.2, 0.25) is 0 Å². The molecule has 2 aliphatic carbocycles. The molecule has 0 heterocycles. The van der Waals surface area contributed by atoms with E-state index in [1.165, 1.54) is 77.9 Å². The molecule has 0 atom stereocenters. The van der Waals surface area contributed by atoms with Crippen LogP contribution in [0.5, 0.6) is 0 Å². The van der Waals surface area contributed by atoms with Crippen LogP contribution in [0.25, 0.3) is 44.5 Å². The summed E-state index contributed by atoms with van der Waals surface area (Å²) in [5.74, 6) is 0. The lowest BCUT2D eigenvalue weighted by Gasteiger charge is -2.35. The van der Waals surface area contributed by atoms with Crippen molar-refractivity contribution in [2.24, 2.45) is 0 Å². The Morgan fingerprint density at radius 3 is 1.47 bits per heavy atom. The minimum Gasteiger partial charge on any atom is -0.310 e. The highest BCUT2D eigenvalue weighted by Gasteiger charge is 2.46. The zero-order valence-electron chi connectivity index (χ0n) is 33.3. The molecule has 0 spiro atoms. The third-order valence-corrected chi connectivity index (χ3v) is 12.9. The highest BCUT2D eigenvalue weighted by atomic mass is 15.1. The summed E-state index contributed by atoms with van der Waals surface area (Å²) in [4.78, 5) is 2.46. The van der Waals surface area contributed by atoms with Crippen molar-refractivity contribution in [1.82, 2.24) is 0 Å². The Morgan fingerprint density at radius 1 is 0.322 bits per heavy atom. The maximum absolute atomic E-state index is 2.47. The summed E-state index contributed by atoms with van der Waals surface area (Å²) in [5.41, 5.74) is 20.8. The molecule has 1 nitrogen and oxygen atoms in total. The van der Waals surface area contributed by atoms with Crippen molar-refractivity contribution >= 4 is 17.1 Å². The molecule has 9 aromatic rings. The van der Waals surface area contributed by atoms with E-state index < -0.39 is 5.41 Å². The van der Waals surface area contributed by atoms with Crippen LogP contribution in [0.3, 0.4) is 0 Å². The molecular formula is C58H43N. The second-order valence-electron chi connectivity index (χ2n) is 16.4. The zero-order valence-corrected chi connectivity index (χ0v) is 33.3. The van der Waals surface area contributed by atoms with E-state index in [-0.39, 0.29) is 5.41 Å². The molecule has 280 valence electrons. The lowest BCUT2D eigenvalue weighted by atomic mass is 9.67. The van der Waals surface area contributed by atoms with Gasteiger partial charge in [-0.25, -0.2) is 0 Å². The Kier molecular flexibility index (Phi) is 8.13. The molecule has 0 unspecified atom stereocenters. The van der Waals surface area contributed by atoms with Gasteiger partial charge >= 0.3 is 0 Å². The predicted octanol–water partition coefficient (Wildman–Crippen LogP) is 15.2. The van der Waals surface area contributed by atoms with Crippen molar-refractivity contribution < 1.29 is 0 Å². The topological polar surface area (TPSA) is 3.24 Å². The van der Waals surface area contributed by atoms with E-state index >= 15 is 0 Å². The van der Waals surface area contributed by atoms with Gasteiger partial charge in [-0.3, -0.25) is 0 Å². The molecule has 0 fully saturated rings. The average molecular weight is 754 g/mol. The molecule has 0 aliphatic heterocycles. The number of benzene rings is 9. The van der Waals surface area contributed by atoms with E-state index in [9.17, 15) is 0 Å². The number of rotatable bonds is 7. The van der Waals surface area contributed by atoms with Gasteiger partial charge in [0.15, 0.2) is 0 Å². The summed E-state index contributed by atoms with van der Waals surface area (Å²) in [6.07, 6.45) is 0. The van der Waals surface area contributed by atoms with Crippen molar-refractivity contribution in [3.05, 3.63) is 258 Å². The van der Waals surface area contributed by atoms with Crippen LogP contribution in [0, 0.1) is 0 Å². The summed E-state index contributed by atoms with van der Waals surface area (Å²) < 4.78 is 0. The van der Waals surface area contributed by atoms with E-state index in [1.807, 2.05) is 0 Å². The van der Waals surface area contributed by atoms with Crippen molar-refractivity contribution in [3.8, 4) is 44.5 Å². The Bertz CT molecular complexity index is 2960. The van der Waals surface area contributed by atoms with Gasteiger partial charge in [-0.2, -0.15) is 0 Å². The third kappa shape index (κ3) is 5.31. The van der Waals surface area contributed by atoms with Crippen molar-refractivity contribution in [1.29, 1.82) is 0 Å². The molecule has 0 aromatic heterocycles. The van der Waals surface area contributed by atoms with Crippen LogP contribution in [0.4, 0.5) is 17.1 Å². The summed E-state index contributed by atoms with van der Waals surface area (Å²) >= 11 is 0. The van der Waals surface area contributed by atoms with Crippen LogP contribution in [0.2, 0.25) is 0 Å². The smallest absolute Gasteiger partial charge is 0.0714 e. The monoisotopic (exact) mass is 753 g/mol. The lowest BCUT2D eigenvalue weighted by molar-refractivity contribution is 0.662. The number of anilines is 3. The van der Waals surface area contributed by atoms with Gasteiger partial charge in [0.1, 0.15) is 0 Å². The molecule has 0 amide bonds. The first-order valence-electron chi connectivity index (χ1n) is 20.7. The van der Waals surface area contributed by atoms with Crippen molar-refractivity contribution in [2.45, 2.75) is 24.7 Å². The largest absolute Gasteiger partial charge is 0.310 e. The second-order valence-corrected chi connectivity index (χ2v) is 16.4. The highest BCUT2D eigenvalue weighted by molar-refractivity contribution is 5.93. The number of hydrogen-bond acceptors (Lipinski definition) is 1. The fourth-order valence-corrected chi connectivity index (χ4v) is 10.4. The fourth-order valence-electron chi connectivity index (χ4n) is 10.4. The predicted molar refractivity (Wildman–Crippen MR) is 247 cm³/mol. The van der Waals surface area contributed by atoms with Gasteiger partial charge in [0.05, 0.1) is 11.1 Å². The fraction of sp³-hybridized carbons (Fsp3) is 0.0690. The van der Waals surface area contributed by atoms with Gasteiger partial charge < -0.3 is 4.90 Å². The Balaban J connectivity index is 1.13. The number of hydrogen-bond donors (Lipinski definition) is 0.